The number of fused-ring (bicyclic) bond motifs is 1. The molecule has 1 N–H and O–H groups in total. The van der Waals surface area contributed by atoms with Gasteiger partial charge in [0.25, 0.3) is 0 Å². The molecule has 1 aromatic heterocycles. The molecule has 0 spiro atoms. The van der Waals surface area contributed by atoms with Gasteiger partial charge in [0.2, 0.25) is 0 Å². The lowest BCUT2D eigenvalue weighted by Crippen LogP contribution is -2.37. The first-order valence-corrected chi connectivity index (χ1v) is 9.62. The zero-order valence-corrected chi connectivity index (χ0v) is 15.3. The first-order valence-electron chi connectivity index (χ1n) is 9.62. The van der Waals surface area contributed by atoms with E-state index in [9.17, 15) is 0 Å². The van der Waals surface area contributed by atoms with Crippen LogP contribution in [-0.2, 0) is 24.2 Å². The van der Waals surface area contributed by atoms with E-state index in [0.717, 1.165) is 77.7 Å². The lowest BCUT2D eigenvalue weighted by molar-refractivity contribution is 0.0358. The molecule has 3 heterocycles. The van der Waals surface area contributed by atoms with Crippen molar-refractivity contribution in [3.63, 3.8) is 0 Å². The summed E-state index contributed by atoms with van der Waals surface area (Å²) in [5, 5.41) is 0. The predicted octanol–water partition coefficient (Wildman–Crippen LogP) is 2.07. The van der Waals surface area contributed by atoms with E-state index in [1.807, 2.05) is 0 Å². The largest absolute Gasteiger partial charge is 0.494 e. The van der Waals surface area contributed by atoms with Crippen LogP contribution in [0.5, 0.6) is 5.75 Å². The number of hydrogen-bond donors (Lipinski definition) is 1. The highest BCUT2D eigenvalue weighted by Gasteiger charge is 2.18. The molecule has 6 heteroatoms. The number of morpholine rings is 1. The van der Waals surface area contributed by atoms with Crippen LogP contribution in [0.25, 0.3) is 0 Å². The fraction of sp³-hybridized carbons (Fsp3) is 0.550. The molecule has 0 amide bonds. The van der Waals surface area contributed by atoms with E-state index >= 15 is 0 Å². The number of hydrogen-bond acceptors (Lipinski definition) is 5. The molecule has 1 saturated heterocycles. The highest BCUT2D eigenvalue weighted by Crippen LogP contribution is 2.19. The maximum atomic E-state index is 5.89. The minimum Gasteiger partial charge on any atom is -0.494 e. The van der Waals surface area contributed by atoms with E-state index in [0.29, 0.717) is 0 Å². The Balaban J connectivity index is 1.19. The molecule has 0 aliphatic carbocycles. The molecule has 0 atom stereocenters. The van der Waals surface area contributed by atoms with Crippen LogP contribution in [0.3, 0.4) is 0 Å². The fourth-order valence-electron chi connectivity index (χ4n) is 3.66. The van der Waals surface area contributed by atoms with Crippen LogP contribution in [0.2, 0.25) is 0 Å². The lowest BCUT2D eigenvalue weighted by atomic mass is 10.1. The van der Waals surface area contributed by atoms with E-state index in [4.69, 9.17) is 9.47 Å². The standard InChI is InChI=1S/C20H28N4O2/c1(7-23-9-12-25-13-10-23)11-26-18-4-2-17(3-5-18)14-24-8-6-19-20(15-24)22-16-21-19/h2-5,16H,1,6-15H2,(H,21,22). The molecule has 1 aromatic carbocycles. The van der Waals surface area contributed by atoms with Gasteiger partial charge in [0.05, 0.1) is 37.5 Å². The zero-order valence-electron chi connectivity index (χ0n) is 15.3. The van der Waals surface area contributed by atoms with Crippen molar-refractivity contribution in [2.75, 3.05) is 46.0 Å². The van der Waals surface area contributed by atoms with E-state index in [1.54, 1.807) is 6.33 Å². The van der Waals surface area contributed by atoms with Gasteiger partial charge in [-0.05, 0) is 24.1 Å². The third-order valence-corrected chi connectivity index (χ3v) is 5.17. The van der Waals surface area contributed by atoms with Gasteiger partial charge >= 0.3 is 0 Å². The third kappa shape index (κ3) is 4.63. The Labute approximate surface area is 155 Å². The SMILES string of the molecule is c1nc2c([nH]1)CN(Cc1ccc(OCCCN3CCOCC3)cc1)CC2. The summed E-state index contributed by atoms with van der Waals surface area (Å²) < 4.78 is 11.3. The second-order valence-corrected chi connectivity index (χ2v) is 7.09. The molecular formula is C20H28N4O2. The van der Waals surface area contributed by atoms with E-state index < -0.39 is 0 Å². The molecule has 0 saturated carbocycles. The van der Waals surface area contributed by atoms with Gasteiger partial charge in [-0.3, -0.25) is 9.80 Å². The lowest BCUT2D eigenvalue weighted by Gasteiger charge is -2.26. The van der Waals surface area contributed by atoms with Gasteiger partial charge in [0.15, 0.2) is 0 Å². The topological polar surface area (TPSA) is 53.6 Å². The zero-order chi connectivity index (χ0) is 17.6. The van der Waals surface area contributed by atoms with Gasteiger partial charge in [0.1, 0.15) is 5.75 Å². The average Bonchev–Trinajstić information content (AvgIpc) is 3.15. The van der Waals surface area contributed by atoms with Crippen LogP contribution < -0.4 is 4.74 Å². The molecule has 0 radical (unpaired) electrons. The summed E-state index contributed by atoms with van der Waals surface area (Å²) in [6.45, 7) is 8.67. The Kier molecular flexibility index (Phi) is 5.84. The number of imidazole rings is 1. The molecule has 26 heavy (non-hydrogen) atoms. The maximum absolute atomic E-state index is 5.89. The summed E-state index contributed by atoms with van der Waals surface area (Å²) in [6, 6.07) is 8.55. The fourth-order valence-corrected chi connectivity index (χ4v) is 3.66. The summed E-state index contributed by atoms with van der Waals surface area (Å²) in [5.74, 6) is 0.963. The minimum atomic E-state index is 0.769. The van der Waals surface area contributed by atoms with Crippen molar-refractivity contribution in [2.24, 2.45) is 0 Å². The van der Waals surface area contributed by atoms with Crippen LogP contribution in [0.1, 0.15) is 23.4 Å². The molecule has 6 nitrogen and oxygen atoms in total. The number of nitrogens with one attached hydrogen (secondary N) is 1. The number of rotatable bonds is 7. The molecular weight excluding hydrogens is 328 g/mol. The Morgan fingerprint density at radius 2 is 1.92 bits per heavy atom. The summed E-state index contributed by atoms with van der Waals surface area (Å²) in [7, 11) is 0. The van der Waals surface area contributed by atoms with Gasteiger partial charge in [-0.25, -0.2) is 4.98 Å². The molecule has 140 valence electrons. The highest BCUT2D eigenvalue weighted by atomic mass is 16.5. The van der Waals surface area contributed by atoms with Crippen molar-refractivity contribution in [3.05, 3.63) is 47.5 Å². The molecule has 0 bridgehead atoms. The van der Waals surface area contributed by atoms with Gasteiger partial charge < -0.3 is 14.5 Å². The second-order valence-electron chi connectivity index (χ2n) is 7.09. The van der Waals surface area contributed by atoms with Crippen LogP contribution >= 0.6 is 0 Å². The Morgan fingerprint density at radius 1 is 1.08 bits per heavy atom. The number of ether oxygens (including phenoxy) is 2. The monoisotopic (exact) mass is 356 g/mol. The normalized spacial score (nSPS) is 18.6. The van der Waals surface area contributed by atoms with Crippen molar-refractivity contribution >= 4 is 0 Å². The van der Waals surface area contributed by atoms with Gasteiger partial charge in [-0.2, -0.15) is 0 Å². The summed E-state index contributed by atoms with van der Waals surface area (Å²) in [4.78, 5) is 12.5. The van der Waals surface area contributed by atoms with Gasteiger partial charge in [-0.15, -0.1) is 0 Å². The maximum Gasteiger partial charge on any atom is 0.119 e. The van der Waals surface area contributed by atoms with Gasteiger partial charge in [0, 0.05) is 45.7 Å². The van der Waals surface area contributed by atoms with Crippen molar-refractivity contribution in [2.45, 2.75) is 25.9 Å². The molecule has 4 rings (SSSR count). The van der Waals surface area contributed by atoms with Crippen LogP contribution in [0.4, 0.5) is 0 Å². The molecule has 1 fully saturated rings. The highest BCUT2D eigenvalue weighted by molar-refractivity contribution is 5.27. The summed E-state index contributed by atoms with van der Waals surface area (Å²) >= 11 is 0. The van der Waals surface area contributed by atoms with Crippen molar-refractivity contribution in [3.8, 4) is 5.75 Å². The second kappa shape index (κ2) is 8.66. The number of benzene rings is 1. The minimum absolute atomic E-state index is 0.769. The number of nitrogens with zero attached hydrogens (tertiary/aromatic N) is 3. The van der Waals surface area contributed by atoms with E-state index in [2.05, 4.69) is 44.0 Å². The Morgan fingerprint density at radius 3 is 2.77 bits per heavy atom. The summed E-state index contributed by atoms with van der Waals surface area (Å²) in [6.07, 6.45) is 3.89. The molecule has 0 unspecified atom stereocenters. The Bertz CT molecular complexity index is 679. The van der Waals surface area contributed by atoms with Crippen LogP contribution in [0, 0.1) is 0 Å². The average molecular weight is 356 g/mol. The van der Waals surface area contributed by atoms with Crippen LogP contribution in [0.15, 0.2) is 30.6 Å². The molecule has 2 aliphatic heterocycles. The first-order chi connectivity index (χ1) is 12.9. The number of aromatic amines is 1. The molecule has 2 aliphatic rings. The smallest absolute Gasteiger partial charge is 0.119 e. The number of H-pyrrole nitrogens is 1. The van der Waals surface area contributed by atoms with Gasteiger partial charge in [-0.1, -0.05) is 12.1 Å². The quantitative estimate of drug-likeness (QED) is 0.770. The van der Waals surface area contributed by atoms with Crippen molar-refractivity contribution in [1.82, 2.24) is 19.8 Å². The summed E-state index contributed by atoms with van der Waals surface area (Å²) in [5.41, 5.74) is 3.81. The van der Waals surface area contributed by atoms with Crippen LogP contribution in [-0.4, -0.2) is 65.8 Å². The number of aromatic nitrogens is 2. The first kappa shape index (κ1) is 17.5. The van der Waals surface area contributed by atoms with Crippen molar-refractivity contribution < 1.29 is 9.47 Å². The molecule has 2 aromatic rings. The Hall–Kier alpha value is -1.89. The van der Waals surface area contributed by atoms with Crippen molar-refractivity contribution in [1.29, 1.82) is 0 Å². The van der Waals surface area contributed by atoms with E-state index in [1.165, 1.54) is 17.0 Å². The van der Waals surface area contributed by atoms with E-state index in [-0.39, 0.29) is 0 Å². The third-order valence-electron chi connectivity index (χ3n) is 5.17. The predicted molar refractivity (Wildman–Crippen MR) is 100 cm³/mol.